The summed E-state index contributed by atoms with van der Waals surface area (Å²) in [6, 6.07) is 12.9. The van der Waals surface area contributed by atoms with E-state index in [2.05, 4.69) is 5.32 Å². The third-order valence-corrected chi connectivity index (χ3v) is 4.24. The first-order chi connectivity index (χ1) is 15.3. The maximum atomic E-state index is 12.1. The van der Waals surface area contributed by atoms with Crippen LogP contribution in [-0.2, 0) is 19.1 Å². The van der Waals surface area contributed by atoms with E-state index < -0.39 is 24.5 Å². The van der Waals surface area contributed by atoms with Crippen LogP contribution in [0.3, 0.4) is 0 Å². The van der Waals surface area contributed by atoms with E-state index in [0.29, 0.717) is 29.2 Å². The highest BCUT2D eigenvalue weighted by Crippen LogP contribution is 2.14. The van der Waals surface area contributed by atoms with E-state index in [0.717, 1.165) is 0 Å². The molecule has 2 aromatic rings. The maximum absolute atomic E-state index is 12.1. The minimum absolute atomic E-state index is 0.131. The molecule has 8 heteroatoms. The van der Waals surface area contributed by atoms with Crippen LogP contribution in [0, 0.1) is 5.92 Å². The van der Waals surface area contributed by atoms with Crippen molar-refractivity contribution in [3.05, 3.63) is 59.7 Å². The number of methoxy groups -OCH3 is 1. The standard InChI is InChI=1S/C24H27NO7/c1-16(2)14-32-24(29)18-7-4-8-19(12-18)25-22(27)10-11-23(28)31-15-21(26)17-6-5-9-20(13-17)30-3/h4-9,12-13,16H,10-11,14-15H2,1-3H3,(H,25,27). The summed E-state index contributed by atoms with van der Waals surface area (Å²) in [6.45, 7) is 3.75. The normalized spacial score (nSPS) is 10.4. The molecular weight excluding hydrogens is 414 g/mol. The van der Waals surface area contributed by atoms with Crippen molar-refractivity contribution in [2.75, 3.05) is 25.6 Å². The molecule has 0 saturated heterocycles. The van der Waals surface area contributed by atoms with Crippen molar-refractivity contribution in [2.24, 2.45) is 5.92 Å². The van der Waals surface area contributed by atoms with E-state index >= 15 is 0 Å². The quantitative estimate of drug-likeness (QED) is 0.419. The van der Waals surface area contributed by atoms with Crippen LogP contribution >= 0.6 is 0 Å². The average molecular weight is 441 g/mol. The van der Waals surface area contributed by atoms with Gasteiger partial charge in [-0.05, 0) is 36.2 Å². The molecular formula is C24H27NO7. The lowest BCUT2D eigenvalue weighted by Gasteiger charge is -2.09. The Morgan fingerprint density at radius 1 is 0.906 bits per heavy atom. The molecule has 2 rings (SSSR count). The number of ether oxygens (including phenoxy) is 3. The van der Waals surface area contributed by atoms with Crippen LogP contribution < -0.4 is 10.1 Å². The topological polar surface area (TPSA) is 108 Å². The molecule has 1 amide bonds. The third-order valence-electron chi connectivity index (χ3n) is 4.24. The SMILES string of the molecule is COc1cccc(C(=O)COC(=O)CCC(=O)Nc2cccc(C(=O)OCC(C)C)c2)c1. The number of carbonyl (C=O) groups is 4. The number of nitrogens with one attached hydrogen (secondary N) is 1. The second-order valence-electron chi connectivity index (χ2n) is 7.44. The molecule has 0 fully saturated rings. The monoisotopic (exact) mass is 441 g/mol. The van der Waals surface area contributed by atoms with Crippen molar-refractivity contribution < 1.29 is 33.4 Å². The second-order valence-corrected chi connectivity index (χ2v) is 7.44. The fourth-order valence-corrected chi connectivity index (χ4v) is 2.59. The molecule has 1 N–H and O–H groups in total. The third kappa shape index (κ3) is 8.22. The van der Waals surface area contributed by atoms with Gasteiger partial charge >= 0.3 is 11.9 Å². The predicted molar refractivity (Wildman–Crippen MR) is 118 cm³/mol. The molecule has 32 heavy (non-hydrogen) atoms. The Hall–Kier alpha value is -3.68. The van der Waals surface area contributed by atoms with Crippen LogP contribution in [0.25, 0.3) is 0 Å². The Kier molecular flexibility index (Phi) is 9.41. The molecule has 0 unspecified atom stereocenters. The van der Waals surface area contributed by atoms with Gasteiger partial charge in [0.05, 0.1) is 25.7 Å². The van der Waals surface area contributed by atoms with E-state index in [4.69, 9.17) is 14.2 Å². The first-order valence-corrected chi connectivity index (χ1v) is 10.2. The Morgan fingerprint density at radius 3 is 2.34 bits per heavy atom. The van der Waals surface area contributed by atoms with Crippen LogP contribution in [0.5, 0.6) is 5.75 Å². The number of benzene rings is 2. The first kappa shape index (κ1) is 24.6. The summed E-state index contributed by atoms with van der Waals surface area (Å²) in [7, 11) is 1.49. The fourth-order valence-electron chi connectivity index (χ4n) is 2.59. The molecule has 0 radical (unpaired) electrons. The van der Waals surface area contributed by atoms with Gasteiger partial charge in [0.15, 0.2) is 12.4 Å². The Labute approximate surface area is 186 Å². The number of carbonyl (C=O) groups excluding carboxylic acids is 4. The van der Waals surface area contributed by atoms with Crippen molar-refractivity contribution >= 4 is 29.3 Å². The van der Waals surface area contributed by atoms with Crippen LogP contribution in [0.1, 0.15) is 47.4 Å². The molecule has 0 aliphatic rings. The Morgan fingerprint density at radius 2 is 1.62 bits per heavy atom. The highest BCUT2D eigenvalue weighted by atomic mass is 16.5. The van der Waals surface area contributed by atoms with Crippen LogP contribution in [0.2, 0.25) is 0 Å². The summed E-state index contributed by atoms with van der Waals surface area (Å²) in [6.07, 6.45) is -0.318. The molecule has 0 aromatic heterocycles. The largest absolute Gasteiger partial charge is 0.497 e. The number of anilines is 1. The van der Waals surface area contributed by atoms with Crippen LogP contribution in [-0.4, -0.2) is 44.0 Å². The van der Waals surface area contributed by atoms with Gasteiger partial charge in [0.1, 0.15) is 5.75 Å². The first-order valence-electron chi connectivity index (χ1n) is 10.2. The summed E-state index contributed by atoms with van der Waals surface area (Å²) in [4.78, 5) is 48.2. The van der Waals surface area contributed by atoms with Crippen LogP contribution in [0.15, 0.2) is 48.5 Å². The minimum atomic E-state index is -0.664. The predicted octanol–water partition coefficient (Wildman–Crippen LogP) is 3.65. The van der Waals surface area contributed by atoms with E-state index in [-0.39, 0.29) is 24.5 Å². The van der Waals surface area contributed by atoms with Crippen molar-refractivity contribution in [3.63, 3.8) is 0 Å². The number of ketones is 1. The zero-order chi connectivity index (χ0) is 23.5. The number of hydrogen-bond donors (Lipinski definition) is 1. The van der Waals surface area contributed by atoms with Gasteiger partial charge in [0.2, 0.25) is 5.91 Å². The zero-order valence-corrected chi connectivity index (χ0v) is 18.4. The van der Waals surface area contributed by atoms with Crippen molar-refractivity contribution in [2.45, 2.75) is 26.7 Å². The number of esters is 2. The highest BCUT2D eigenvalue weighted by molar-refractivity contribution is 5.98. The Bertz CT molecular complexity index is 968. The molecule has 0 aliphatic carbocycles. The van der Waals surface area contributed by atoms with Crippen molar-refractivity contribution in [1.29, 1.82) is 0 Å². The molecule has 170 valence electrons. The second kappa shape index (κ2) is 12.2. The molecule has 0 saturated carbocycles. The molecule has 8 nitrogen and oxygen atoms in total. The molecule has 0 bridgehead atoms. The number of amides is 1. The van der Waals surface area contributed by atoms with Gasteiger partial charge in [-0.2, -0.15) is 0 Å². The minimum Gasteiger partial charge on any atom is -0.497 e. The van der Waals surface area contributed by atoms with Crippen LogP contribution in [0.4, 0.5) is 5.69 Å². The van der Waals surface area contributed by atoms with Gasteiger partial charge in [0, 0.05) is 17.7 Å². The molecule has 0 aliphatic heterocycles. The summed E-state index contributed by atoms with van der Waals surface area (Å²) in [5, 5.41) is 2.63. The van der Waals surface area contributed by atoms with E-state index in [1.54, 1.807) is 42.5 Å². The lowest BCUT2D eigenvalue weighted by atomic mass is 10.1. The summed E-state index contributed by atoms with van der Waals surface area (Å²) in [5.41, 5.74) is 1.09. The average Bonchev–Trinajstić information content (AvgIpc) is 2.79. The Balaban J connectivity index is 1.77. The highest BCUT2D eigenvalue weighted by Gasteiger charge is 2.14. The molecule has 2 aromatic carbocycles. The number of rotatable bonds is 11. The molecule has 0 heterocycles. The van der Waals surface area contributed by atoms with Crippen molar-refractivity contribution in [3.8, 4) is 5.75 Å². The smallest absolute Gasteiger partial charge is 0.338 e. The lowest BCUT2D eigenvalue weighted by Crippen LogP contribution is -2.17. The van der Waals surface area contributed by atoms with E-state index in [1.165, 1.54) is 13.2 Å². The lowest BCUT2D eigenvalue weighted by molar-refractivity contribution is -0.143. The zero-order valence-electron chi connectivity index (χ0n) is 18.4. The van der Waals surface area contributed by atoms with E-state index in [1.807, 2.05) is 13.8 Å². The summed E-state index contributed by atoms with van der Waals surface area (Å²) < 4.78 is 15.2. The number of Topliss-reactive ketones (excluding diaryl/α,β-unsaturated/α-hetero) is 1. The van der Waals surface area contributed by atoms with E-state index in [9.17, 15) is 19.2 Å². The van der Waals surface area contributed by atoms with Gasteiger partial charge in [-0.3, -0.25) is 14.4 Å². The molecule has 0 atom stereocenters. The number of hydrogen-bond acceptors (Lipinski definition) is 7. The fraction of sp³-hybridized carbons (Fsp3) is 0.333. The van der Waals surface area contributed by atoms with Gasteiger partial charge in [-0.15, -0.1) is 0 Å². The van der Waals surface area contributed by atoms with Gasteiger partial charge < -0.3 is 19.5 Å². The summed E-state index contributed by atoms with van der Waals surface area (Å²) in [5.74, 6) is -1.19. The van der Waals surface area contributed by atoms with Gasteiger partial charge in [-0.1, -0.05) is 32.0 Å². The maximum Gasteiger partial charge on any atom is 0.338 e. The van der Waals surface area contributed by atoms with Crippen molar-refractivity contribution in [1.82, 2.24) is 0 Å². The summed E-state index contributed by atoms with van der Waals surface area (Å²) >= 11 is 0. The van der Waals surface area contributed by atoms with Gasteiger partial charge in [0.25, 0.3) is 0 Å². The van der Waals surface area contributed by atoms with Gasteiger partial charge in [-0.25, -0.2) is 4.79 Å². The molecule has 0 spiro atoms.